The van der Waals surface area contributed by atoms with Crippen LogP contribution in [0.5, 0.6) is 5.75 Å². The summed E-state index contributed by atoms with van der Waals surface area (Å²) in [6.45, 7) is 12.1. The van der Waals surface area contributed by atoms with Crippen LogP contribution in [0.3, 0.4) is 0 Å². The molecule has 3 aromatic carbocycles. The van der Waals surface area contributed by atoms with E-state index >= 15 is 0 Å². The van der Waals surface area contributed by atoms with Crippen molar-refractivity contribution in [2.75, 3.05) is 0 Å². The van der Waals surface area contributed by atoms with Gasteiger partial charge >= 0.3 is 0 Å². The van der Waals surface area contributed by atoms with E-state index in [1.54, 1.807) is 0 Å². The molecule has 3 rings (SSSR count). The SMILES string of the molecule is CC(C)(C)c1cc([C@H](c2ccccc2)[C@@H](Cl)c2ccc([N+](=O)[O-])cc2[N+](=O)[O-])cc(C(C)(C)C)c1O. The van der Waals surface area contributed by atoms with Crippen molar-refractivity contribution in [2.24, 2.45) is 0 Å². The highest BCUT2D eigenvalue weighted by atomic mass is 35.5. The number of halogens is 1. The zero-order chi connectivity index (χ0) is 27.0. The minimum Gasteiger partial charge on any atom is -0.507 e. The first-order valence-electron chi connectivity index (χ1n) is 11.6. The van der Waals surface area contributed by atoms with Crippen LogP contribution in [0.25, 0.3) is 0 Å². The second kappa shape index (κ2) is 9.90. The van der Waals surface area contributed by atoms with E-state index in [9.17, 15) is 25.3 Å². The lowest BCUT2D eigenvalue weighted by atomic mass is 9.75. The lowest BCUT2D eigenvalue weighted by Crippen LogP contribution is -2.19. The van der Waals surface area contributed by atoms with Crippen molar-refractivity contribution in [1.82, 2.24) is 0 Å². The van der Waals surface area contributed by atoms with E-state index in [2.05, 4.69) is 0 Å². The topological polar surface area (TPSA) is 107 Å². The number of nitro benzene ring substituents is 2. The fourth-order valence-corrected chi connectivity index (χ4v) is 4.86. The smallest absolute Gasteiger partial charge is 0.280 e. The van der Waals surface area contributed by atoms with E-state index < -0.39 is 26.8 Å². The third-order valence-corrected chi connectivity index (χ3v) is 6.76. The van der Waals surface area contributed by atoms with E-state index in [1.807, 2.05) is 84.0 Å². The summed E-state index contributed by atoms with van der Waals surface area (Å²) >= 11 is 7.06. The van der Waals surface area contributed by atoms with Gasteiger partial charge in [-0.2, -0.15) is 0 Å². The molecule has 0 aliphatic heterocycles. The number of non-ortho nitro benzene ring substituents is 1. The summed E-state index contributed by atoms with van der Waals surface area (Å²) in [7, 11) is 0. The van der Waals surface area contributed by atoms with Gasteiger partial charge in [0.2, 0.25) is 0 Å². The van der Waals surface area contributed by atoms with Crippen molar-refractivity contribution in [3.8, 4) is 5.75 Å². The zero-order valence-electron chi connectivity index (χ0n) is 21.3. The average molecular weight is 511 g/mol. The first kappa shape index (κ1) is 27.1. The van der Waals surface area contributed by atoms with Crippen LogP contribution >= 0.6 is 11.6 Å². The molecule has 0 fully saturated rings. The minimum atomic E-state index is -0.918. The standard InChI is InChI=1S/C28H31ClN2O5/c1-27(2,3)21-14-18(15-22(26(21)32)28(4,5)6)24(17-10-8-7-9-11-17)25(29)20-13-12-19(30(33)34)16-23(20)31(35)36/h7-16,24-25,32H,1-6H3/t24-,25-/m0/s1. The van der Waals surface area contributed by atoms with Gasteiger partial charge in [0.15, 0.2) is 0 Å². The molecule has 0 aliphatic rings. The lowest BCUT2D eigenvalue weighted by molar-refractivity contribution is -0.394. The maximum absolute atomic E-state index is 11.9. The summed E-state index contributed by atoms with van der Waals surface area (Å²) < 4.78 is 0. The van der Waals surface area contributed by atoms with Gasteiger partial charge in [-0.25, -0.2) is 0 Å². The summed E-state index contributed by atoms with van der Waals surface area (Å²) in [5.74, 6) is -0.311. The van der Waals surface area contributed by atoms with Crippen LogP contribution in [0, 0.1) is 20.2 Å². The Morgan fingerprint density at radius 1 is 0.778 bits per heavy atom. The van der Waals surface area contributed by atoms with Gasteiger partial charge in [0.25, 0.3) is 11.4 Å². The number of aromatic hydroxyl groups is 1. The Balaban J connectivity index is 2.34. The number of alkyl halides is 1. The van der Waals surface area contributed by atoms with Gasteiger partial charge < -0.3 is 5.11 Å². The zero-order valence-corrected chi connectivity index (χ0v) is 22.0. The highest BCUT2D eigenvalue weighted by molar-refractivity contribution is 6.22. The number of benzene rings is 3. The molecule has 2 atom stereocenters. The maximum atomic E-state index is 11.9. The van der Waals surface area contributed by atoms with Crippen molar-refractivity contribution >= 4 is 23.0 Å². The van der Waals surface area contributed by atoms with Crippen LogP contribution in [0.4, 0.5) is 11.4 Å². The van der Waals surface area contributed by atoms with E-state index in [0.717, 1.165) is 28.3 Å². The molecule has 3 aromatic rings. The highest BCUT2D eigenvalue weighted by Crippen LogP contribution is 2.48. The molecule has 1 N–H and O–H groups in total. The molecule has 0 heterocycles. The highest BCUT2D eigenvalue weighted by Gasteiger charge is 2.34. The lowest BCUT2D eigenvalue weighted by Gasteiger charge is -2.31. The Bertz CT molecular complexity index is 1260. The monoisotopic (exact) mass is 510 g/mol. The van der Waals surface area contributed by atoms with Gasteiger partial charge in [-0.3, -0.25) is 20.2 Å². The third kappa shape index (κ3) is 5.51. The fraction of sp³-hybridized carbons (Fsp3) is 0.357. The van der Waals surface area contributed by atoms with Crippen LogP contribution in [0.2, 0.25) is 0 Å². The molecule has 8 heteroatoms. The molecule has 0 aromatic heterocycles. The summed E-state index contributed by atoms with van der Waals surface area (Å²) in [6.07, 6.45) is 0. The fourth-order valence-electron chi connectivity index (χ4n) is 4.39. The molecular weight excluding hydrogens is 480 g/mol. The largest absolute Gasteiger partial charge is 0.507 e. The van der Waals surface area contributed by atoms with Crippen molar-refractivity contribution in [1.29, 1.82) is 0 Å². The van der Waals surface area contributed by atoms with E-state index in [4.69, 9.17) is 11.6 Å². The van der Waals surface area contributed by atoms with Crippen LogP contribution < -0.4 is 0 Å². The molecular formula is C28H31ClN2O5. The van der Waals surface area contributed by atoms with Crippen LogP contribution in [0.1, 0.15) is 80.7 Å². The van der Waals surface area contributed by atoms with Crippen molar-refractivity contribution in [2.45, 2.75) is 63.7 Å². The summed E-state index contributed by atoms with van der Waals surface area (Å²) in [6, 6.07) is 16.8. The molecule has 36 heavy (non-hydrogen) atoms. The van der Waals surface area contributed by atoms with E-state index in [-0.39, 0.29) is 27.8 Å². The van der Waals surface area contributed by atoms with Gasteiger partial charge in [-0.15, -0.1) is 11.6 Å². The van der Waals surface area contributed by atoms with Gasteiger partial charge in [-0.1, -0.05) is 84.0 Å². The first-order chi connectivity index (χ1) is 16.6. The predicted molar refractivity (Wildman–Crippen MR) is 142 cm³/mol. The number of hydrogen-bond donors (Lipinski definition) is 1. The van der Waals surface area contributed by atoms with Crippen LogP contribution in [-0.4, -0.2) is 15.0 Å². The summed E-state index contributed by atoms with van der Waals surface area (Å²) in [4.78, 5) is 21.9. The third-order valence-electron chi connectivity index (χ3n) is 6.28. The van der Waals surface area contributed by atoms with Gasteiger partial charge in [0.05, 0.1) is 21.3 Å². The Morgan fingerprint density at radius 2 is 1.31 bits per heavy atom. The number of hydrogen-bond acceptors (Lipinski definition) is 5. The molecule has 0 spiro atoms. The van der Waals surface area contributed by atoms with Crippen molar-refractivity contribution in [3.63, 3.8) is 0 Å². The molecule has 7 nitrogen and oxygen atoms in total. The number of nitro groups is 2. The molecule has 0 aliphatic carbocycles. The van der Waals surface area contributed by atoms with Crippen molar-refractivity contribution in [3.05, 3.63) is 109 Å². The Kier molecular flexibility index (Phi) is 7.46. The van der Waals surface area contributed by atoms with E-state index in [1.165, 1.54) is 12.1 Å². The van der Waals surface area contributed by atoms with Gasteiger partial charge in [0.1, 0.15) is 5.75 Å². The second-order valence-corrected chi connectivity index (χ2v) is 11.5. The quantitative estimate of drug-likeness (QED) is 0.206. The minimum absolute atomic E-state index is 0.184. The Hall–Kier alpha value is -3.45. The number of nitrogens with zero attached hydrogens (tertiary/aromatic N) is 2. The van der Waals surface area contributed by atoms with Gasteiger partial charge in [0, 0.05) is 17.5 Å². The summed E-state index contributed by atoms with van der Waals surface area (Å²) in [5.41, 5.74) is 1.74. The molecule has 0 saturated carbocycles. The first-order valence-corrected chi connectivity index (χ1v) is 12.1. The molecule has 0 amide bonds. The number of phenolic OH excluding ortho intramolecular Hbond substituents is 1. The number of rotatable bonds is 6. The molecule has 0 bridgehead atoms. The predicted octanol–water partition coefficient (Wildman–Crippen LogP) is 7.92. The molecule has 0 saturated heterocycles. The Labute approximate surface area is 216 Å². The van der Waals surface area contributed by atoms with Gasteiger partial charge in [-0.05, 0) is 39.2 Å². The summed E-state index contributed by atoms with van der Waals surface area (Å²) in [5, 5.41) is 33.4. The van der Waals surface area contributed by atoms with Crippen molar-refractivity contribution < 1.29 is 15.0 Å². The van der Waals surface area contributed by atoms with E-state index in [0.29, 0.717) is 0 Å². The van der Waals surface area contributed by atoms with Crippen LogP contribution in [0.15, 0.2) is 60.7 Å². The average Bonchev–Trinajstić information content (AvgIpc) is 2.78. The molecule has 190 valence electrons. The van der Waals surface area contributed by atoms with Crippen LogP contribution in [-0.2, 0) is 10.8 Å². The normalized spacial score (nSPS) is 13.8. The number of phenols is 1. The maximum Gasteiger partial charge on any atom is 0.280 e. The molecule has 0 radical (unpaired) electrons. The second-order valence-electron chi connectivity index (χ2n) is 11.0. The Morgan fingerprint density at radius 3 is 1.75 bits per heavy atom. The molecule has 0 unspecified atom stereocenters.